The maximum atomic E-state index is 12.3. The highest BCUT2D eigenvalue weighted by molar-refractivity contribution is 6.30. The number of hydrogen-bond donors (Lipinski definition) is 1. The summed E-state index contributed by atoms with van der Waals surface area (Å²) in [7, 11) is 1.65. The van der Waals surface area contributed by atoms with Crippen LogP contribution in [0.25, 0.3) is 0 Å². The molecule has 0 saturated heterocycles. The largest absolute Gasteiger partial charge is 0.497 e. The van der Waals surface area contributed by atoms with E-state index in [-0.39, 0.29) is 11.4 Å². The molecule has 0 aromatic heterocycles. The Labute approximate surface area is 135 Å². The van der Waals surface area contributed by atoms with Crippen LogP contribution in [0, 0.1) is 0 Å². The van der Waals surface area contributed by atoms with E-state index < -0.39 is 0 Å². The summed E-state index contributed by atoms with van der Waals surface area (Å²) in [6.45, 7) is 0. The standard InChI is InChI=1S/C18H18ClNO2/c1-22-16-8-4-14(5-9-16)18(10-11-18)20-17(21)12-13-2-6-15(19)7-3-13/h2-9H,10-12H2,1H3,(H,20,21). The lowest BCUT2D eigenvalue weighted by Gasteiger charge is -2.18. The third kappa shape index (κ3) is 3.25. The van der Waals surface area contributed by atoms with Crippen molar-refractivity contribution in [1.29, 1.82) is 0 Å². The molecule has 2 aromatic carbocycles. The van der Waals surface area contributed by atoms with Crippen LogP contribution in [0.2, 0.25) is 5.02 Å². The van der Waals surface area contributed by atoms with Gasteiger partial charge in [-0.15, -0.1) is 0 Å². The van der Waals surface area contributed by atoms with Gasteiger partial charge in [-0.25, -0.2) is 0 Å². The molecule has 0 atom stereocenters. The molecule has 0 radical (unpaired) electrons. The Morgan fingerprint density at radius 3 is 2.32 bits per heavy atom. The van der Waals surface area contributed by atoms with Gasteiger partial charge in [0.2, 0.25) is 5.91 Å². The Balaban J connectivity index is 1.66. The topological polar surface area (TPSA) is 38.3 Å². The number of amides is 1. The Kier molecular flexibility index (Phi) is 4.08. The van der Waals surface area contributed by atoms with Gasteiger partial charge in [0.15, 0.2) is 0 Å². The van der Waals surface area contributed by atoms with Crippen molar-refractivity contribution in [2.45, 2.75) is 24.8 Å². The lowest BCUT2D eigenvalue weighted by Crippen LogP contribution is -2.35. The number of carbonyl (C=O) groups excluding carboxylic acids is 1. The van der Waals surface area contributed by atoms with Crippen LogP contribution in [-0.4, -0.2) is 13.0 Å². The molecule has 0 heterocycles. The van der Waals surface area contributed by atoms with E-state index in [1.165, 1.54) is 0 Å². The lowest BCUT2D eigenvalue weighted by molar-refractivity contribution is -0.121. The molecule has 0 bridgehead atoms. The second kappa shape index (κ2) is 6.01. The summed E-state index contributed by atoms with van der Waals surface area (Å²) in [5.74, 6) is 0.864. The van der Waals surface area contributed by atoms with Crippen LogP contribution in [-0.2, 0) is 16.8 Å². The smallest absolute Gasteiger partial charge is 0.225 e. The van der Waals surface area contributed by atoms with Crippen LogP contribution in [0.5, 0.6) is 5.75 Å². The molecule has 3 nitrogen and oxygen atoms in total. The van der Waals surface area contributed by atoms with Gasteiger partial charge >= 0.3 is 0 Å². The quantitative estimate of drug-likeness (QED) is 0.913. The summed E-state index contributed by atoms with van der Waals surface area (Å²) >= 11 is 5.86. The van der Waals surface area contributed by atoms with Crippen LogP contribution in [0.4, 0.5) is 0 Å². The SMILES string of the molecule is COc1ccc(C2(NC(=O)Cc3ccc(Cl)cc3)CC2)cc1. The van der Waals surface area contributed by atoms with Crippen LogP contribution in [0.15, 0.2) is 48.5 Å². The van der Waals surface area contributed by atoms with E-state index in [1.54, 1.807) is 19.2 Å². The summed E-state index contributed by atoms with van der Waals surface area (Å²) in [5, 5.41) is 3.85. The van der Waals surface area contributed by atoms with Gasteiger partial charge in [0.25, 0.3) is 0 Å². The normalized spacial score (nSPS) is 15.2. The first-order chi connectivity index (χ1) is 10.6. The molecular weight excluding hydrogens is 298 g/mol. The Hall–Kier alpha value is -2.00. The number of carbonyl (C=O) groups is 1. The molecule has 0 unspecified atom stereocenters. The Morgan fingerprint density at radius 1 is 1.14 bits per heavy atom. The van der Waals surface area contributed by atoms with E-state index >= 15 is 0 Å². The zero-order valence-electron chi connectivity index (χ0n) is 12.4. The number of hydrogen-bond acceptors (Lipinski definition) is 2. The fourth-order valence-electron chi connectivity index (χ4n) is 2.62. The molecule has 1 fully saturated rings. The minimum absolute atomic E-state index is 0.0376. The van der Waals surface area contributed by atoms with E-state index in [0.29, 0.717) is 11.4 Å². The van der Waals surface area contributed by atoms with E-state index in [4.69, 9.17) is 16.3 Å². The first kappa shape index (κ1) is 14.9. The van der Waals surface area contributed by atoms with Crippen molar-refractivity contribution in [3.05, 3.63) is 64.7 Å². The Morgan fingerprint density at radius 2 is 1.77 bits per heavy atom. The lowest BCUT2D eigenvalue weighted by atomic mass is 10.0. The predicted molar refractivity (Wildman–Crippen MR) is 87.2 cm³/mol. The number of halogens is 1. The first-order valence-electron chi connectivity index (χ1n) is 7.31. The fourth-order valence-corrected chi connectivity index (χ4v) is 2.75. The average molecular weight is 316 g/mol. The van der Waals surface area contributed by atoms with Gasteiger partial charge in [-0.3, -0.25) is 4.79 Å². The second-order valence-electron chi connectivity index (χ2n) is 5.66. The van der Waals surface area contributed by atoms with Gasteiger partial charge in [0, 0.05) is 5.02 Å². The molecule has 114 valence electrons. The van der Waals surface area contributed by atoms with Gasteiger partial charge in [0.05, 0.1) is 19.1 Å². The minimum atomic E-state index is -0.199. The van der Waals surface area contributed by atoms with Crippen LogP contribution < -0.4 is 10.1 Å². The van der Waals surface area contributed by atoms with E-state index in [9.17, 15) is 4.79 Å². The van der Waals surface area contributed by atoms with Crippen molar-refractivity contribution in [2.75, 3.05) is 7.11 Å². The maximum absolute atomic E-state index is 12.3. The number of benzene rings is 2. The third-order valence-electron chi connectivity index (χ3n) is 4.05. The fraction of sp³-hybridized carbons (Fsp3) is 0.278. The molecule has 22 heavy (non-hydrogen) atoms. The number of nitrogens with one attached hydrogen (secondary N) is 1. The summed E-state index contributed by atoms with van der Waals surface area (Å²) in [5.41, 5.74) is 1.90. The molecule has 0 spiro atoms. The molecule has 1 N–H and O–H groups in total. The van der Waals surface area contributed by atoms with Gasteiger partial charge in [0.1, 0.15) is 5.75 Å². The highest BCUT2D eigenvalue weighted by atomic mass is 35.5. The second-order valence-corrected chi connectivity index (χ2v) is 6.10. The molecular formula is C18H18ClNO2. The van der Waals surface area contributed by atoms with Crippen LogP contribution in [0.1, 0.15) is 24.0 Å². The number of ether oxygens (including phenoxy) is 1. The van der Waals surface area contributed by atoms with Crippen LogP contribution >= 0.6 is 11.6 Å². The van der Waals surface area contributed by atoms with E-state index in [1.807, 2.05) is 36.4 Å². The van der Waals surface area contributed by atoms with Crippen molar-refractivity contribution < 1.29 is 9.53 Å². The molecule has 1 aliphatic carbocycles. The maximum Gasteiger partial charge on any atom is 0.225 e. The molecule has 1 saturated carbocycles. The van der Waals surface area contributed by atoms with E-state index in [0.717, 1.165) is 29.7 Å². The van der Waals surface area contributed by atoms with Gasteiger partial charge in [-0.05, 0) is 48.2 Å². The van der Waals surface area contributed by atoms with Gasteiger partial charge in [-0.1, -0.05) is 35.9 Å². The number of rotatable bonds is 5. The molecule has 3 rings (SSSR count). The number of methoxy groups -OCH3 is 1. The van der Waals surface area contributed by atoms with Gasteiger partial charge in [-0.2, -0.15) is 0 Å². The zero-order valence-corrected chi connectivity index (χ0v) is 13.2. The van der Waals surface area contributed by atoms with Crippen molar-refractivity contribution >= 4 is 17.5 Å². The molecule has 4 heteroatoms. The molecule has 0 aliphatic heterocycles. The third-order valence-corrected chi connectivity index (χ3v) is 4.30. The highest BCUT2D eigenvalue weighted by Crippen LogP contribution is 2.45. The van der Waals surface area contributed by atoms with Crippen molar-refractivity contribution in [3.8, 4) is 5.75 Å². The minimum Gasteiger partial charge on any atom is -0.497 e. The van der Waals surface area contributed by atoms with Crippen molar-refractivity contribution in [1.82, 2.24) is 5.32 Å². The molecule has 1 aliphatic rings. The Bertz CT molecular complexity index is 660. The van der Waals surface area contributed by atoms with Gasteiger partial charge < -0.3 is 10.1 Å². The summed E-state index contributed by atoms with van der Waals surface area (Å²) in [6.07, 6.45) is 2.33. The highest BCUT2D eigenvalue weighted by Gasteiger charge is 2.45. The van der Waals surface area contributed by atoms with E-state index in [2.05, 4.69) is 5.32 Å². The first-order valence-corrected chi connectivity index (χ1v) is 7.69. The molecule has 2 aromatic rings. The van der Waals surface area contributed by atoms with Crippen LogP contribution in [0.3, 0.4) is 0 Å². The van der Waals surface area contributed by atoms with Crippen molar-refractivity contribution in [3.63, 3.8) is 0 Å². The molecule has 1 amide bonds. The summed E-state index contributed by atoms with van der Waals surface area (Å²) in [4.78, 5) is 12.3. The monoisotopic (exact) mass is 315 g/mol. The predicted octanol–water partition coefficient (Wildman–Crippen LogP) is 3.70. The zero-order chi connectivity index (χ0) is 15.6. The summed E-state index contributed by atoms with van der Waals surface area (Å²) < 4.78 is 5.17. The summed E-state index contributed by atoms with van der Waals surface area (Å²) in [6, 6.07) is 15.3. The van der Waals surface area contributed by atoms with Crippen molar-refractivity contribution in [2.24, 2.45) is 0 Å². The average Bonchev–Trinajstić information content (AvgIpc) is 3.30.